The first-order valence-corrected chi connectivity index (χ1v) is 12.6. The molecule has 2 saturated heterocycles. The summed E-state index contributed by atoms with van der Waals surface area (Å²) >= 11 is 0. The van der Waals surface area contributed by atoms with Crippen molar-refractivity contribution >= 4 is 11.9 Å². The number of likely N-dealkylation sites (tertiary alicyclic amines) is 1. The predicted molar refractivity (Wildman–Crippen MR) is 127 cm³/mol. The fourth-order valence-corrected chi connectivity index (χ4v) is 7.29. The first-order valence-electron chi connectivity index (χ1n) is 12.6. The van der Waals surface area contributed by atoms with Crippen LogP contribution in [0.1, 0.15) is 24.0 Å². The van der Waals surface area contributed by atoms with Crippen LogP contribution in [0.15, 0.2) is 24.3 Å². The van der Waals surface area contributed by atoms with Gasteiger partial charge in [0.1, 0.15) is 24.4 Å². The molecule has 10 atom stereocenters. The number of aliphatic hydroxyl groups excluding tert-OH is 3. The van der Waals surface area contributed by atoms with Gasteiger partial charge in [-0.25, -0.2) is 4.79 Å². The number of carboxylic acids is 1. The van der Waals surface area contributed by atoms with E-state index in [1.54, 1.807) is 7.11 Å². The zero-order valence-corrected chi connectivity index (χ0v) is 20.6. The smallest absolute Gasteiger partial charge is 0.335 e. The van der Waals surface area contributed by atoms with Crippen molar-refractivity contribution in [2.24, 2.45) is 5.92 Å². The molecule has 1 spiro atoms. The van der Waals surface area contributed by atoms with Gasteiger partial charge in [-0.3, -0.25) is 4.79 Å². The third kappa shape index (κ3) is 3.45. The summed E-state index contributed by atoms with van der Waals surface area (Å²) in [6.07, 6.45) is -3.09. The van der Waals surface area contributed by atoms with E-state index in [1.165, 1.54) is 11.1 Å². The van der Waals surface area contributed by atoms with E-state index in [0.717, 1.165) is 25.1 Å². The van der Waals surface area contributed by atoms with Gasteiger partial charge in [0, 0.05) is 22.9 Å². The number of rotatable bonds is 5. The zero-order valence-electron chi connectivity index (χ0n) is 20.6. The lowest BCUT2D eigenvalue weighted by molar-refractivity contribution is -0.228. The highest BCUT2D eigenvalue weighted by Crippen LogP contribution is 2.62. The lowest BCUT2D eigenvalue weighted by atomic mass is 9.53. The fraction of sp³-hybridized carbons (Fsp3) is 0.615. The monoisotopic (exact) mass is 516 g/mol. The van der Waals surface area contributed by atoms with Gasteiger partial charge in [-0.15, -0.1) is 0 Å². The topological polar surface area (TPSA) is 158 Å². The SMILES string of the molecule is COc1ccc2c3c1OC1C(NC(=O)CC4O[C@@H](C(=O)O)[C@H](O)[C@@H](O)[C@@H]4O)C=CC4C(C2)N(C)CCC341. The molecule has 2 aliphatic carbocycles. The average Bonchev–Trinajstić information content (AvgIpc) is 3.22. The van der Waals surface area contributed by atoms with Gasteiger partial charge in [0.2, 0.25) is 5.91 Å². The molecule has 200 valence electrons. The molecular weight excluding hydrogens is 484 g/mol. The number of piperidine rings is 1. The van der Waals surface area contributed by atoms with Crippen molar-refractivity contribution in [3.8, 4) is 11.5 Å². The van der Waals surface area contributed by atoms with Gasteiger partial charge in [0.05, 0.1) is 25.7 Å². The summed E-state index contributed by atoms with van der Waals surface area (Å²) in [5.74, 6) is -0.377. The molecule has 37 heavy (non-hydrogen) atoms. The molecule has 3 heterocycles. The highest BCUT2D eigenvalue weighted by Gasteiger charge is 2.64. The third-order valence-corrected chi connectivity index (χ3v) is 9.05. The van der Waals surface area contributed by atoms with Crippen LogP contribution in [-0.2, 0) is 26.2 Å². The zero-order chi connectivity index (χ0) is 26.2. The lowest BCUT2D eigenvalue weighted by Gasteiger charge is -2.57. The summed E-state index contributed by atoms with van der Waals surface area (Å²) in [5, 5.41) is 42.6. The largest absolute Gasteiger partial charge is 0.493 e. The molecule has 6 rings (SSSR count). The fourth-order valence-electron chi connectivity index (χ4n) is 7.29. The standard InChI is InChI=1S/C26H32N2O9/c1-28-8-7-26-12-4-5-13(24(26)37-22-15(35-2)6-3-11(18(22)26)9-14(12)28)27-17(29)10-16-19(30)20(31)21(32)23(36-16)25(33)34/h3-6,12-14,16,19-21,23-24,30-32H,7-10H2,1-2H3,(H,27,29)(H,33,34)/t12?,13?,14?,16?,19-,20+,21-,23-,24?,26?/m1/s1. The summed E-state index contributed by atoms with van der Waals surface area (Å²) < 4.78 is 17.5. The number of amides is 1. The summed E-state index contributed by atoms with van der Waals surface area (Å²) in [6, 6.07) is 3.87. The summed E-state index contributed by atoms with van der Waals surface area (Å²) in [6.45, 7) is 0.893. The van der Waals surface area contributed by atoms with Crippen molar-refractivity contribution in [3.05, 3.63) is 35.4 Å². The molecule has 2 bridgehead atoms. The Morgan fingerprint density at radius 1 is 1.19 bits per heavy atom. The van der Waals surface area contributed by atoms with E-state index in [-0.39, 0.29) is 17.4 Å². The molecule has 11 nitrogen and oxygen atoms in total. The second-order valence-electron chi connectivity index (χ2n) is 10.8. The molecule has 3 aliphatic heterocycles. The number of aliphatic hydroxyl groups is 3. The van der Waals surface area contributed by atoms with E-state index in [9.17, 15) is 30.0 Å². The van der Waals surface area contributed by atoms with E-state index >= 15 is 0 Å². The number of ether oxygens (including phenoxy) is 3. The Kier molecular flexibility index (Phi) is 5.77. The Balaban J connectivity index is 1.27. The number of carbonyl (C=O) groups is 2. The minimum absolute atomic E-state index is 0.210. The number of carboxylic acid groups (broad SMARTS) is 1. The van der Waals surface area contributed by atoms with Crippen LogP contribution in [0.25, 0.3) is 0 Å². The van der Waals surface area contributed by atoms with Crippen LogP contribution >= 0.6 is 0 Å². The van der Waals surface area contributed by atoms with Crippen molar-refractivity contribution in [1.82, 2.24) is 10.2 Å². The van der Waals surface area contributed by atoms with Crippen LogP contribution < -0.4 is 14.8 Å². The quantitative estimate of drug-likeness (QED) is 0.306. The van der Waals surface area contributed by atoms with Crippen LogP contribution in [0.5, 0.6) is 11.5 Å². The Labute approximate surface area is 213 Å². The maximum absolute atomic E-state index is 13.1. The van der Waals surface area contributed by atoms with E-state index < -0.39 is 54.9 Å². The average molecular weight is 517 g/mol. The predicted octanol–water partition coefficient (Wildman–Crippen LogP) is -1.05. The maximum Gasteiger partial charge on any atom is 0.335 e. The van der Waals surface area contributed by atoms with Crippen molar-refractivity contribution in [1.29, 1.82) is 0 Å². The summed E-state index contributed by atoms with van der Waals surface area (Å²) in [4.78, 5) is 27.0. The van der Waals surface area contributed by atoms with Crippen LogP contribution in [0.2, 0.25) is 0 Å². The number of nitrogens with one attached hydrogen (secondary N) is 1. The van der Waals surface area contributed by atoms with Gasteiger partial charge in [0.15, 0.2) is 17.6 Å². The van der Waals surface area contributed by atoms with E-state index in [4.69, 9.17) is 14.2 Å². The van der Waals surface area contributed by atoms with Gasteiger partial charge in [-0.2, -0.15) is 0 Å². The Morgan fingerprint density at radius 2 is 1.97 bits per heavy atom. The van der Waals surface area contributed by atoms with Crippen LogP contribution in [0.3, 0.4) is 0 Å². The Morgan fingerprint density at radius 3 is 2.70 bits per heavy atom. The molecule has 0 aromatic heterocycles. The van der Waals surface area contributed by atoms with Crippen LogP contribution in [0, 0.1) is 5.92 Å². The highest BCUT2D eigenvalue weighted by atomic mass is 16.6. The second kappa shape index (κ2) is 8.67. The molecule has 5 N–H and O–H groups in total. The molecule has 1 aromatic rings. The molecule has 11 heteroatoms. The van der Waals surface area contributed by atoms with Gasteiger partial charge in [-0.05, 0) is 38.1 Å². The highest BCUT2D eigenvalue weighted by molar-refractivity contribution is 5.78. The molecule has 6 unspecified atom stereocenters. The number of methoxy groups -OCH3 is 1. The van der Waals surface area contributed by atoms with Crippen molar-refractivity contribution < 1.29 is 44.2 Å². The minimum Gasteiger partial charge on any atom is -0.493 e. The number of hydrogen-bond acceptors (Lipinski definition) is 9. The van der Waals surface area contributed by atoms with Crippen LogP contribution in [-0.4, -0.2) is 107 Å². The Bertz CT molecular complexity index is 1160. The molecule has 0 radical (unpaired) electrons. The number of carbonyl (C=O) groups excluding carboxylic acids is 1. The van der Waals surface area contributed by atoms with E-state index in [2.05, 4.69) is 29.4 Å². The van der Waals surface area contributed by atoms with Gasteiger partial charge < -0.3 is 44.9 Å². The number of nitrogens with zero attached hydrogens (tertiary/aromatic N) is 1. The third-order valence-electron chi connectivity index (χ3n) is 9.05. The first kappa shape index (κ1) is 24.6. The number of hydrogen-bond donors (Lipinski definition) is 5. The number of benzene rings is 1. The second-order valence-corrected chi connectivity index (χ2v) is 10.8. The molecule has 2 fully saturated rings. The van der Waals surface area contributed by atoms with E-state index in [1.807, 2.05) is 12.1 Å². The van der Waals surface area contributed by atoms with Gasteiger partial charge in [0.25, 0.3) is 0 Å². The van der Waals surface area contributed by atoms with Crippen molar-refractivity contribution in [2.45, 2.75) is 73.4 Å². The first-order chi connectivity index (χ1) is 17.7. The lowest BCUT2D eigenvalue weighted by Crippen LogP contribution is -2.67. The van der Waals surface area contributed by atoms with Gasteiger partial charge in [-0.1, -0.05) is 18.2 Å². The van der Waals surface area contributed by atoms with Crippen molar-refractivity contribution in [3.63, 3.8) is 0 Å². The maximum atomic E-state index is 13.1. The normalized spacial score (nSPS) is 41.5. The molecular formula is C26H32N2O9. The number of likely N-dealkylation sites (N-methyl/N-ethyl adjacent to an activating group) is 1. The van der Waals surface area contributed by atoms with Crippen molar-refractivity contribution in [2.75, 3.05) is 20.7 Å². The van der Waals surface area contributed by atoms with E-state index in [0.29, 0.717) is 11.8 Å². The molecule has 1 amide bonds. The number of aliphatic carboxylic acids is 1. The molecule has 1 aromatic carbocycles. The molecule has 0 saturated carbocycles. The van der Waals surface area contributed by atoms with Gasteiger partial charge >= 0.3 is 5.97 Å². The summed E-state index contributed by atoms with van der Waals surface area (Å²) in [5.41, 5.74) is 2.08. The Hall–Kier alpha value is -2.70. The molecule has 5 aliphatic rings. The minimum atomic E-state index is -1.80. The van der Waals surface area contributed by atoms with Crippen LogP contribution in [0.4, 0.5) is 0 Å². The summed E-state index contributed by atoms with van der Waals surface area (Å²) in [7, 11) is 3.76.